The molecule has 2 aromatic carbocycles. The van der Waals surface area contributed by atoms with E-state index in [1.165, 1.54) is 16.7 Å². The highest BCUT2D eigenvalue weighted by molar-refractivity contribution is 5.22. The van der Waals surface area contributed by atoms with Crippen molar-refractivity contribution in [1.29, 1.82) is 0 Å². The van der Waals surface area contributed by atoms with Crippen LogP contribution < -0.4 is 0 Å². The number of hydrogen-bond donors (Lipinski definition) is 0. The molecule has 1 nitrogen and oxygen atoms in total. The molecular formula is C20H25N. The first-order valence-corrected chi connectivity index (χ1v) is 7.59. The van der Waals surface area contributed by atoms with Crippen LogP contribution in [0.2, 0.25) is 0 Å². The molecule has 0 N–H and O–H groups in total. The van der Waals surface area contributed by atoms with Crippen molar-refractivity contribution in [3.8, 4) is 0 Å². The zero-order valence-corrected chi connectivity index (χ0v) is 13.3. The van der Waals surface area contributed by atoms with Gasteiger partial charge in [0.15, 0.2) is 0 Å². The average molecular weight is 279 g/mol. The Bertz CT molecular complexity index is 513. The zero-order chi connectivity index (χ0) is 15.2. The van der Waals surface area contributed by atoms with E-state index >= 15 is 0 Å². The fraction of sp³-hybridized carbons (Fsp3) is 0.300. The molecular weight excluding hydrogens is 254 g/mol. The van der Waals surface area contributed by atoms with Crippen molar-refractivity contribution < 1.29 is 0 Å². The van der Waals surface area contributed by atoms with E-state index in [1.807, 2.05) is 0 Å². The summed E-state index contributed by atoms with van der Waals surface area (Å²) in [5.74, 6) is 0. The Morgan fingerprint density at radius 2 is 1.24 bits per heavy atom. The van der Waals surface area contributed by atoms with Gasteiger partial charge in [0, 0.05) is 18.6 Å². The normalized spacial score (nSPS) is 13.9. The van der Waals surface area contributed by atoms with Gasteiger partial charge in [0.05, 0.1) is 0 Å². The van der Waals surface area contributed by atoms with E-state index < -0.39 is 0 Å². The largest absolute Gasteiger partial charge is 0.286 e. The lowest BCUT2D eigenvalue weighted by atomic mass is 10.0. The Hall–Kier alpha value is -1.86. The number of benzene rings is 2. The third-order valence-electron chi connectivity index (χ3n) is 4.01. The minimum absolute atomic E-state index is 0.359. The first-order chi connectivity index (χ1) is 10.1. The summed E-state index contributed by atoms with van der Waals surface area (Å²) in [5.41, 5.74) is 3.89. The number of nitrogens with zero attached hydrogens (tertiary/aromatic N) is 1. The van der Waals surface area contributed by atoms with Gasteiger partial charge in [-0.05, 0) is 31.9 Å². The summed E-state index contributed by atoms with van der Waals surface area (Å²) in [6.45, 7) is 11.7. The van der Waals surface area contributed by atoms with Gasteiger partial charge in [-0.15, -0.1) is 0 Å². The molecule has 0 aromatic heterocycles. The predicted octanol–water partition coefficient (Wildman–Crippen LogP) is 5.39. The Balaban J connectivity index is 2.28. The number of rotatable bonds is 6. The highest BCUT2D eigenvalue weighted by Crippen LogP contribution is 2.30. The summed E-state index contributed by atoms with van der Waals surface area (Å²) in [6, 6.07) is 22.1. The minimum atomic E-state index is 0.359. The van der Waals surface area contributed by atoms with Gasteiger partial charge in [0.25, 0.3) is 0 Å². The van der Waals surface area contributed by atoms with Gasteiger partial charge >= 0.3 is 0 Å². The summed E-state index contributed by atoms with van der Waals surface area (Å²) in [5, 5.41) is 0. The third-order valence-corrected chi connectivity index (χ3v) is 4.01. The zero-order valence-electron chi connectivity index (χ0n) is 13.3. The molecule has 0 aliphatic heterocycles. The Morgan fingerprint density at radius 3 is 1.57 bits per heavy atom. The molecule has 0 bridgehead atoms. The van der Waals surface area contributed by atoms with Gasteiger partial charge in [0.1, 0.15) is 0 Å². The molecule has 2 rings (SSSR count). The van der Waals surface area contributed by atoms with Crippen molar-refractivity contribution in [3.63, 3.8) is 0 Å². The fourth-order valence-corrected chi connectivity index (χ4v) is 2.77. The maximum Gasteiger partial charge on any atom is 0.0329 e. The fourth-order valence-electron chi connectivity index (χ4n) is 2.77. The monoisotopic (exact) mass is 279 g/mol. The maximum absolute atomic E-state index is 4.11. The van der Waals surface area contributed by atoms with Gasteiger partial charge in [-0.2, -0.15) is 0 Å². The molecule has 0 spiro atoms. The van der Waals surface area contributed by atoms with Gasteiger partial charge in [-0.3, -0.25) is 4.90 Å². The summed E-state index contributed by atoms with van der Waals surface area (Å²) >= 11 is 0. The second-order valence-corrected chi connectivity index (χ2v) is 5.80. The second-order valence-electron chi connectivity index (χ2n) is 5.80. The summed E-state index contributed by atoms with van der Waals surface area (Å²) in [4.78, 5) is 2.51. The van der Waals surface area contributed by atoms with Crippen molar-refractivity contribution in [1.82, 2.24) is 4.90 Å². The lowest BCUT2D eigenvalue weighted by Gasteiger charge is -2.35. The Kier molecular flexibility index (Phi) is 5.35. The lowest BCUT2D eigenvalue weighted by Crippen LogP contribution is -2.31. The van der Waals surface area contributed by atoms with E-state index in [0.717, 1.165) is 6.54 Å². The summed E-state index contributed by atoms with van der Waals surface area (Å²) < 4.78 is 0. The van der Waals surface area contributed by atoms with Crippen LogP contribution >= 0.6 is 0 Å². The Morgan fingerprint density at radius 1 is 0.857 bits per heavy atom. The van der Waals surface area contributed by atoms with Crippen LogP contribution in [0.5, 0.6) is 0 Å². The van der Waals surface area contributed by atoms with E-state index in [2.05, 4.69) is 92.9 Å². The average Bonchev–Trinajstić information content (AvgIpc) is 2.53. The Labute approximate surface area is 128 Å². The SMILES string of the molecule is C=C(C)CN([C@@H](C)c1ccccc1)[C@@H](C)c1ccccc1. The standard InChI is InChI=1S/C20H25N/c1-16(2)15-21(17(3)19-11-7-5-8-12-19)18(4)20-13-9-6-10-14-20/h5-14,17-18H,1,15H2,2-4H3/t17-,18-/m0/s1. The molecule has 0 amide bonds. The van der Waals surface area contributed by atoms with Crippen LogP contribution in [0.15, 0.2) is 72.8 Å². The first kappa shape index (κ1) is 15.5. The molecule has 0 heterocycles. The van der Waals surface area contributed by atoms with Crippen LogP contribution in [-0.2, 0) is 0 Å². The molecule has 21 heavy (non-hydrogen) atoms. The van der Waals surface area contributed by atoms with Gasteiger partial charge in [0.2, 0.25) is 0 Å². The predicted molar refractivity (Wildman–Crippen MR) is 91.2 cm³/mol. The van der Waals surface area contributed by atoms with Crippen LogP contribution in [0.25, 0.3) is 0 Å². The van der Waals surface area contributed by atoms with Crippen LogP contribution in [0, 0.1) is 0 Å². The summed E-state index contributed by atoms with van der Waals surface area (Å²) in [6.07, 6.45) is 0. The first-order valence-electron chi connectivity index (χ1n) is 7.59. The molecule has 0 aliphatic rings. The van der Waals surface area contributed by atoms with Crippen LogP contribution in [-0.4, -0.2) is 11.4 Å². The van der Waals surface area contributed by atoms with Crippen LogP contribution in [0.1, 0.15) is 44.0 Å². The van der Waals surface area contributed by atoms with Crippen molar-refractivity contribution >= 4 is 0 Å². The summed E-state index contributed by atoms with van der Waals surface area (Å²) in [7, 11) is 0. The molecule has 2 aromatic rings. The van der Waals surface area contributed by atoms with E-state index in [-0.39, 0.29) is 0 Å². The topological polar surface area (TPSA) is 3.24 Å². The van der Waals surface area contributed by atoms with E-state index in [1.54, 1.807) is 0 Å². The molecule has 110 valence electrons. The van der Waals surface area contributed by atoms with Gasteiger partial charge < -0.3 is 0 Å². The van der Waals surface area contributed by atoms with Gasteiger partial charge in [-0.25, -0.2) is 0 Å². The molecule has 0 radical (unpaired) electrons. The molecule has 0 saturated heterocycles. The van der Waals surface area contributed by atoms with E-state index in [9.17, 15) is 0 Å². The van der Waals surface area contributed by atoms with Crippen LogP contribution in [0.4, 0.5) is 0 Å². The van der Waals surface area contributed by atoms with E-state index in [0.29, 0.717) is 12.1 Å². The molecule has 1 heteroatoms. The molecule has 0 saturated carbocycles. The minimum Gasteiger partial charge on any atom is -0.286 e. The number of hydrogen-bond acceptors (Lipinski definition) is 1. The molecule has 2 atom stereocenters. The van der Waals surface area contributed by atoms with Crippen molar-refractivity contribution in [2.24, 2.45) is 0 Å². The molecule has 0 aliphatic carbocycles. The second kappa shape index (κ2) is 7.24. The van der Waals surface area contributed by atoms with Crippen molar-refractivity contribution in [2.75, 3.05) is 6.54 Å². The highest BCUT2D eigenvalue weighted by Gasteiger charge is 2.22. The maximum atomic E-state index is 4.11. The van der Waals surface area contributed by atoms with Gasteiger partial charge in [-0.1, -0.05) is 72.8 Å². The third kappa shape index (κ3) is 4.05. The molecule has 0 fully saturated rings. The van der Waals surface area contributed by atoms with Crippen LogP contribution in [0.3, 0.4) is 0 Å². The lowest BCUT2D eigenvalue weighted by molar-refractivity contribution is 0.170. The quantitative estimate of drug-likeness (QED) is 0.641. The molecule has 0 unspecified atom stereocenters. The van der Waals surface area contributed by atoms with Crippen molar-refractivity contribution in [3.05, 3.63) is 83.9 Å². The van der Waals surface area contributed by atoms with Crippen molar-refractivity contribution in [2.45, 2.75) is 32.9 Å². The van der Waals surface area contributed by atoms with E-state index in [4.69, 9.17) is 0 Å². The smallest absolute Gasteiger partial charge is 0.0329 e. The highest BCUT2D eigenvalue weighted by atomic mass is 15.2.